The molecular weight excluding hydrogens is 344 g/mol. The van der Waals surface area contributed by atoms with E-state index in [1.54, 1.807) is 17.6 Å². The lowest BCUT2D eigenvalue weighted by Crippen LogP contribution is -2.46. The highest BCUT2D eigenvalue weighted by Gasteiger charge is 2.66. The van der Waals surface area contributed by atoms with Gasteiger partial charge in [0, 0.05) is 5.56 Å². The average molecular weight is 372 g/mol. The topological polar surface area (TPSA) is 98.7 Å². The molecule has 4 aliphatic rings. The Morgan fingerprint density at radius 1 is 1.15 bits per heavy atom. The Morgan fingerprint density at radius 2 is 1.85 bits per heavy atom. The van der Waals surface area contributed by atoms with Gasteiger partial charge in [-0.25, -0.2) is 5.48 Å². The van der Waals surface area contributed by atoms with E-state index in [9.17, 15) is 14.7 Å². The summed E-state index contributed by atoms with van der Waals surface area (Å²) in [4.78, 5) is 24.9. The Kier molecular flexibility index (Phi) is 4.31. The van der Waals surface area contributed by atoms with Crippen LogP contribution in [0.25, 0.3) is 0 Å². The van der Waals surface area contributed by atoms with Crippen LogP contribution in [0, 0.1) is 23.2 Å². The number of aliphatic hydroxyl groups is 1. The van der Waals surface area contributed by atoms with Crippen LogP contribution in [-0.2, 0) is 4.79 Å². The number of hydroxylamine groups is 1. The van der Waals surface area contributed by atoms with Crippen molar-refractivity contribution in [2.45, 2.75) is 57.6 Å². The molecule has 4 fully saturated rings. The summed E-state index contributed by atoms with van der Waals surface area (Å²) in [7, 11) is 0. The minimum atomic E-state index is -0.643. The van der Waals surface area contributed by atoms with Gasteiger partial charge in [0.1, 0.15) is 0 Å². The Labute approximate surface area is 159 Å². The summed E-state index contributed by atoms with van der Waals surface area (Å²) in [5.41, 5.74) is 1.86. The minimum Gasteiger partial charge on any atom is -0.390 e. The second kappa shape index (κ2) is 6.31. The van der Waals surface area contributed by atoms with Crippen LogP contribution in [0.2, 0.25) is 0 Å². The van der Waals surface area contributed by atoms with Crippen molar-refractivity contribution in [1.82, 2.24) is 10.8 Å². The molecule has 0 saturated heterocycles. The number of rotatable bonds is 5. The van der Waals surface area contributed by atoms with Gasteiger partial charge in [0.05, 0.1) is 17.1 Å². The van der Waals surface area contributed by atoms with E-state index >= 15 is 0 Å². The van der Waals surface area contributed by atoms with Crippen molar-refractivity contribution in [3.8, 4) is 0 Å². The van der Waals surface area contributed by atoms with Gasteiger partial charge in [0.25, 0.3) is 5.91 Å². The highest BCUT2D eigenvalue weighted by molar-refractivity contribution is 5.93. The Bertz CT molecular complexity index is 762. The smallest absolute Gasteiger partial charge is 0.274 e. The predicted octanol–water partition coefficient (Wildman–Crippen LogP) is 2.56. The predicted molar refractivity (Wildman–Crippen MR) is 98.9 cm³/mol. The molecule has 4 bridgehead atoms. The number of hydrogen-bond donors (Lipinski definition) is 4. The molecule has 5 atom stereocenters. The highest BCUT2D eigenvalue weighted by atomic mass is 16.5. The van der Waals surface area contributed by atoms with Gasteiger partial charge in [-0.1, -0.05) is 26.0 Å². The maximum atomic E-state index is 13.3. The lowest BCUT2D eigenvalue weighted by molar-refractivity contribution is -0.135. The van der Waals surface area contributed by atoms with E-state index < -0.39 is 16.9 Å². The third kappa shape index (κ3) is 2.95. The van der Waals surface area contributed by atoms with Crippen molar-refractivity contribution in [3.05, 3.63) is 35.4 Å². The summed E-state index contributed by atoms with van der Waals surface area (Å²) in [5.74, 6) is 0.466. The highest BCUT2D eigenvalue weighted by Crippen LogP contribution is 2.67. The van der Waals surface area contributed by atoms with Gasteiger partial charge in [-0.15, -0.1) is 0 Å². The van der Waals surface area contributed by atoms with Crippen LogP contribution in [0.3, 0.4) is 0 Å². The molecule has 0 aromatic heterocycles. The van der Waals surface area contributed by atoms with E-state index in [-0.39, 0.29) is 17.9 Å². The molecule has 4 saturated carbocycles. The zero-order valence-electron chi connectivity index (χ0n) is 15.9. The van der Waals surface area contributed by atoms with Crippen LogP contribution in [0.15, 0.2) is 24.3 Å². The van der Waals surface area contributed by atoms with Crippen LogP contribution in [0.5, 0.6) is 0 Å². The zero-order chi connectivity index (χ0) is 19.4. The fourth-order valence-electron chi connectivity index (χ4n) is 6.04. The molecule has 1 aromatic rings. The van der Waals surface area contributed by atoms with Crippen molar-refractivity contribution < 1.29 is 19.9 Å². The average Bonchev–Trinajstić information content (AvgIpc) is 3.00. The third-order valence-electron chi connectivity index (χ3n) is 7.03. The molecule has 146 valence electrons. The summed E-state index contributed by atoms with van der Waals surface area (Å²) in [6, 6.07) is 6.77. The van der Waals surface area contributed by atoms with Crippen molar-refractivity contribution in [1.29, 1.82) is 0 Å². The van der Waals surface area contributed by atoms with Gasteiger partial charge < -0.3 is 10.4 Å². The van der Waals surface area contributed by atoms with Crippen molar-refractivity contribution in [2.24, 2.45) is 23.2 Å². The van der Waals surface area contributed by atoms with Crippen LogP contribution in [0.1, 0.15) is 67.9 Å². The monoisotopic (exact) mass is 372 g/mol. The number of nitrogens with one attached hydrogen (secondary N) is 2. The zero-order valence-corrected chi connectivity index (χ0v) is 15.9. The maximum Gasteiger partial charge on any atom is 0.274 e. The van der Waals surface area contributed by atoms with Crippen LogP contribution >= 0.6 is 0 Å². The first-order valence-electron chi connectivity index (χ1n) is 9.84. The SMILES string of the molecule is CC(C)[C@@H](NC(=O)C12CC3CC1CC(O)(C3)C2)c1ccc(C(=O)NO)cc1. The molecule has 0 radical (unpaired) electrons. The van der Waals surface area contributed by atoms with Crippen LogP contribution in [0.4, 0.5) is 0 Å². The number of hydrogen-bond acceptors (Lipinski definition) is 4. The second-order valence-electron chi connectivity index (χ2n) is 9.23. The Morgan fingerprint density at radius 3 is 2.44 bits per heavy atom. The number of carbonyl (C=O) groups excluding carboxylic acids is 2. The largest absolute Gasteiger partial charge is 0.390 e. The van der Waals surface area contributed by atoms with Crippen molar-refractivity contribution in [2.75, 3.05) is 0 Å². The van der Waals surface area contributed by atoms with Crippen molar-refractivity contribution in [3.63, 3.8) is 0 Å². The first-order chi connectivity index (χ1) is 12.8. The Balaban J connectivity index is 1.54. The van der Waals surface area contributed by atoms with Crippen molar-refractivity contribution >= 4 is 11.8 Å². The van der Waals surface area contributed by atoms with E-state index in [4.69, 9.17) is 5.21 Å². The number of amides is 2. The van der Waals surface area contributed by atoms with E-state index in [0.29, 0.717) is 23.8 Å². The standard InChI is InChI=1S/C21H28N2O4/c1-12(2)17(14-3-5-15(6-4-14)18(24)23-27)22-19(25)21-9-13-7-16(21)10-20(26,8-13)11-21/h3-6,12-13,16-17,26-27H,7-11H2,1-2H3,(H,22,25)(H,23,24)/t13?,16?,17-,20?,21?/m1/s1. The van der Waals surface area contributed by atoms with E-state index in [0.717, 1.165) is 31.2 Å². The molecule has 4 unspecified atom stereocenters. The number of carbonyl (C=O) groups is 2. The third-order valence-corrected chi connectivity index (χ3v) is 7.03. The molecule has 1 aromatic carbocycles. The normalized spacial score (nSPS) is 34.7. The molecular formula is C21H28N2O4. The fraction of sp³-hybridized carbons (Fsp3) is 0.619. The van der Waals surface area contributed by atoms with Gasteiger partial charge in [-0.05, 0) is 67.6 Å². The maximum absolute atomic E-state index is 13.3. The van der Waals surface area contributed by atoms with Gasteiger partial charge in [0.15, 0.2) is 0 Å². The molecule has 6 heteroatoms. The second-order valence-corrected chi connectivity index (χ2v) is 9.23. The molecule has 0 heterocycles. The van der Waals surface area contributed by atoms with E-state index in [1.807, 2.05) is 12.1 Å². The fourth-order valence-corrected chi connectivity index (χ4v) is 6.04. The lowest BCUT2D eigenvalue weighted by Gasteiger charge is -2.37. The summed E-state index contributed by atoms with van der Waals surface area (Å²) in [6.07, 6.45) is 4.15. The summed E-state index contributed by atoms with van der Waals surface area (Å²) in [5, 5.41) is 22.8. The Hall–Kier alpha value is -1.92. The van der Waals surface area contributed by atoms with Gasteiger partial charge in [0.2, 0.25) is 5.91 Å². The number of benzene rings is 1. The van der Waals surface area contributed by atoms with Gasteiger partial charge in [-0.2, -0.15) is 0 Å². The summed E-state index contributed by atoms with van der Waals surface area (Å²) < 4.78 is 0. The minimum absolute atomic E-state index is 0.0708. The molecule has 4 aliphatic carbocycles. The molecule has 27 heavy (non-hydrogen) atoms. The van der Waals surface area contributed by atoms with E-state index in [1.165, 1.54) is 0 Å². The molecule has 0 spiro atoms. The lowest BCUT2D eigenvalue weighted by atomic mass is 9.73. The van der Waals surface area contributed by atoms with Gasteiger partial charge in [-0.3, -0.25) is 14.8 Å². The summed E-state index contributed by atoms with van der Waals surface area (Å²) in [6.45, 7) is 4.12. The molecule has 6 nitrogen and oxygen atoms in total. The molecule has 0 aliphatic heterocycles. The van der Waals surface area contributed by atoms with Gasteiger partial charge >= 0.3 is 0 Å². The molecule has 2 amide bonds. The van der Waals surface area contributed by atoms with Crippen LogP contribution < -0.4 is 10.8 Å². The quantitative estimate of drug-likeness (QED) is 0.472. The van der Waals surface area contributed by atoms with E-state index in [2.05, 4.69) is 19.2 Å². The summed E-state index contributed by atoms with van der Waals surface area (Å²) >= 11 is 0. The molecule has 4 N–H and O–H groups in total. The first-order valence-corrected chi connectivity index (χ1v) is 9.84. The molecule has 5 rings (SSSR count). The first kappa shape index (κ1) is 18.4. The van der Waals surface area contributed by atoms with Crippen LogP contribution in [-0.4, -0.2) is 27.7 Å².